The Morgan fingerprint density at radius 1 is 1.32 bits per heavy atom. The Morgan fingerprint density at radius 2 is 2.16 bits per heavy atom. The molecule has 2 aromatic rings. The highest BCUT2D eigenvalue weighted by molar-refractivity contribution is 7.80. The molecule has 1 atom stereocenters. The van der Waals surface area contributed by atoms with E-state index in [2.05, 4.69) is 46.4 Å². The van der Waals surface area contributed by atoms with Crippen LogP contribution in [0.1, 0.15) is 12.5 Å². The molecule has 0 fully saturated rings. The fourth-order valence-electron chi connectivity index (χ4n) is 2.50. The summed E-state index contributed by atoms with van der Waals surface area (Å²) in [5.41, 5.74) is 3.48. The monoisotopic (exact) mass is 269 g/mol. The van der Waals surface area contributed by atoms with Crippen LogP contribution in [0.2, 0.25) is 0 Å². The van der Waals surface area contributed by atoms with E-state index in [0.717, 1.165) is 17.2 Å². The van der Waals surface area contributed by atoms with Crippen LogP contribution < -0.4 is 10.2 Å². The van der Waals surface area contributed by atoms with E-state index in [1.807, 2.05) is 12.1 Å². The average molecular weight is 269 g/mol. The number of nitrogens with zero attached hydrogens (tertiary/aromatic N) is 2. The second-order valence-corrected chi connectivity index (χ2v) is 5.11. The lowest BCUT2D eigenvalue weighted by Gasteiger charge is -2.25. The summed E-state index contributed by atoms with van der Waals surface area (Å²) in [7, 11) is 0. The summed E-state index contributed by atoms with van der Waals surface area (Å²) in [5.74, 6) is 0. The summed E-state index contributed by atoms with van der Waals surface area (Å²) < 4.78 is 0. The lowest BCUT2D eigenvalue weighted by Crippen LogP contribution is -2.38. The molecule has 1 aliphatic rings. The summed E-state index contributed by atoms with van der Waals surface area (Å²) in [6, 6.07) is 12.7. The van der Waals surface area contributed by atoms with Gasteiger partial charge in [0.1, 0.15) is 0 Å². The standard InChI is InChI=1S/C15H15N3S/c1-11-9-12-5-2-3-7-14(12)18(11)15(19)17-13-6-4-8-16-10-13/h2-8,10-11H,9H2,1H3,(H,17,19)/t11-/m1/s1. The van der Waals surface area contributed by atoms with Crippen molar-refractivity contribution >= 4 is 28.7 Å². The van der Waals surface area contributed by atoms with Gasteiger partial charge in [0.2, 0.25) is 0 Å². The van der Waals surface area contributed by atoms with Gasteiger partial charge < -0.3 is 10.2 Å². The zero-order chi connectivity index (χ0) is 13.2. The van der Waals surface area contributed by atoms with Crippen molar-refractivity contribution < 1.29 is 0 Å². The Labute approximate surface area is 118 Å². The minimum atomic E-state index is 0.383. The van der Waals surface area contributed by atoms with Crippen molar-refractivity contribution in [3.05, 3.63) is 54.4 Å². The van der Waals surface area contributed by atoms with Crippen LogP contribution in [0.4, 0.5) is 11.4 Å². The molecule has 1 aromatic heterocycles. The van der Waals surface area contributed by atoms with Crippen LogP contribution in [-0.2, 0) is 6.42 Å². The van der Waals surface area contributed by atoms with E-state index >= 15 is 0 Å². The number of thiocarbonyl (C=S) groups is 1. The Morgan fingerprint density at radius 3 is 2.95 bits per heavy atom. The number of pyridine rings is 1. The molecular formula is C15H15N3S. The maximum absolute atomic E-state index is 5.54. The van der Waals surface area contributed by atoms with Gasteiger partial charge in [0, 0.05) is 17.9 Å². The third-order valence-corrected chi connectivity index (χ3v) is 3.64. The predicted octanol–water partition coefficient (Wildman–Crippen LogP) is 3.23. The topological polar surface area (TPSA) is 28.2 Å². The highest BCUT2D eigenvalue weighted by Crippen LogP contribution is 2.32. The van der Waals surface area contributed by atoms with Crippen molar-refractivity contribution in [2.45, 2.75) is 19.4 Å². The molecule has 1 aliphatic heterocycles. The van der Waals surface area contributed by atoms with Gasteiger partial charge in [-0.05, 0) is 49.3 Å². The highest BCUT2D eigenvalue weighted by Gasteiger charge is 2.28. The number of nitrogens with one attached hydrogen (secondary N) is 1. The number of rotatable bonds is 1. The molecule has 1 aromatic carbocycles. The molecule has 0 saturated heterocycles. The molecule has 0 unspecified atom stereocenters. The van der Waals surface area contributed by atoms with Crippen LogP contribution in [0.3, 0.4) is 0 Å². The third-order valence-electron chi connectivity index (χ3n) is 3.34. The van der Waals surface area contributed by atoms with Gasteiger partial charge in [0.25, 0.3) is 0 Å². The molecule has 3 nitrogen and oxygen atoms in total. The van der Waals surface area contributed by atoms with Gasteiger partial charge in [0.05, 0.1) is 11.9 Å². The molecular weight excluding hydrogens is 254 g/mol. The van der Waals surface area contributed by atoms with E-state index in [1.165, 1.54) is 11.3 Å². The summed E-state index contributed by atoms with van der Waals surface area (Å²) in [4.78, 5) is 6.27. The van der Waals surface area contributed by atoms with Crippen molar-refractivity contribution in [2.24, 2.45) is 0 Å². The number of hydrogen-bond donors (Lipinski definition) is 1. The minimum Gasteiger partial charge on any atom is -0.331 e. The third kappa shape index (κ3) is 2.31. The van der Waals surface area contributed by atoms with E-state index in [9.17, 15) is 0 Å². The molecule has 0 spiro atoms. The Balaban J connectivity index is 1.84. The van der Waals surface area contributed by atoms with Crippen LogP contribution in [0.15, 0.2) is 48.8 Å². The summed E-state index contributed by atoms with van der Waals surface area (Å²) in [6.07, 6.45) is 4.56. The summed E-state index contributed by atoms with van der Waals surface area (Å²) in [5, 5.41) is 3.98. The van der Waals surface area contributed by atoms with E-state index < -0.39 is 0 Å². The minimum absolute atomic E-state index is 0.383. The highest BCUT2D eigenvalue weighted by atomic mass is 32.1. The lowest BCUT2D eigenvalue weighted by atomic mass is 10.1. The SMILES string of the molecule is C[C@@H]1Cc2ccccc2N1C(=S)Nc1cccnc1. The summed E-state index contributed by atoms with van der Waals surface area (Å²) >= 11 is 5.54. The fourth-order valence-corrected chi connectivity index (χ4v) is 2.89. The van der Waals surface area contributed by atoms with Crippen molar-refractivity contribution in [3.8, 4) is 0 Å². The van der Waals surface area contributed by atoms with Gasteiger partial charge in [-0.25, -0.2) is 0 Å². The van der Waals surface area contributed by atoms with Crippen molar-refractivity contribution in [3.63, 3.8) is 0 Å². The van der Waals surface area contributed by atoms with E-state index in [0.29, 0.717) is 6.04 Å². The van der Waals surface area contributed by atoms with Crippen LogP contribution in [0, 0.1) is 0 Å². The first-order valence-corrected chi connectivity index (χ1v) is 6.74. The normalized spacial score (nSPS) is 17.1. The Hall–Kier alpha value is -1.94. The van der Waals surface area contributed by atoms with E-state index in [-0.39, 0.29) is 0 Å². The van der Waals surface area contributed by atoms with E-state index in [4.69, 9.17) is 12.2 Å². The van der Waals surface area contributed by atoms with Gasteiger partial charge in [-0.1, -0.05) is 18.2 Å². The number of fused-ring (bicyclic) bond motifs is 1. The number of hydrogen-bond acceptors (Lipinski definition) is 2. The van der Waals surface area contributed by atoms with Gasteiger partial charge >= 0.3 is 0 Å². The first-order chi connectivity index (χ1) is 9.25. The Kier molecular flexibility index (Phi) is 3.17. The van der Waals surface area contributed by atoms with Crippen LogP contribution >= 0.6 is 12.2 Å². The van der Waals surface area contributed by atoms with Gasteiger partial charge in [-0.3, -0.25) is 4.98 Å². The quantitative estimate of drug-likeness (QED) is 0.805. The molecule has 0 bridgehead atoms. The van der Waals surface area contributed by atoms with E-state index in [1.54, 1.807) is 12.4 Å². The van der Waals surface area contributed by atoms with Crippen LogP contribution in [-0.4, -0.2) is 16.1 Å². The molecule has 0 aliphatic carbocycles. The van der Waals surface area contributed by atoms with Crippen LogP contribution in [0.25, 0.3) is 0 Å². The molecule has 3 rings (SSSR count). The number of aromatic nitrogens is 1. The van der Waals surface area contributed by atoms with Crippen molar-refractivity contribution in [2.75, 3.05) is 10.2 Å². The smallest absolute Gasteiger partial charge is 0.178 e. The lowest BCUT2D eigenvalue weighted by molar-refractivity contribution is 0.776. The fraction of sp³-hybridized carbons (Fsp3) is 0.200. The molecule has 0 saturated carbocycles. The second kappa shape index (κ2) is 4.97. The average Bonchev–Trinajstić information content (AvgIpc) is 2.75. The Bertz CT molecular complexity index is 597. The maximum atomic E-state index is 5.54. The zero-order valence-electron chi connectivity index (χ0n) is 10.7. The molecule has 96 valence electrons. The largest absolute Gasteiger partial charge is 0.331 e. The number of para-hydroxylation sites is 1. The van der Waals surface area contributed by atoms with Gasteiger partial charge in [0.15, 0.2) is 5.11 Å². The molecule has 0 radical (unpaired) electrons. The molecule has 1 N–H and O–H groups in total. The van der Waals surface area contributed by atoms with Gasteiger partial charge in [-0.2, -0.15) is 0 Å². The number of anilines is 2. The molecule has 0 amide bonds. The zero-order valence-corrected chi connectivity index (χ0v) is 11.5. The molecule has 19 heavy (non-hydrogen) atoms. The van der Waals surface area contributed by atoms with Crippen LogP contribution in [0.5, 0.6) is 0 Å². The van der Waals surface area contributed by atoms with Crippen molar-refractivity contribution in [1.82, 2.24) is 4.98 Å². The summed E-state index contributed by atoms with van der Waals surface area (Å²) in [6.45, 7) is 2.19. The maximum Gasteiger partial charge on any atom is 0.178 e. The predicted molar refractivity (Wildman–Crippen MR) is 82.5 cm³/mol. The second-order valence-electron chi connectivity index (χ2n) is 4.72. The molecule has 2 heterocycles. The van der Waals surface area contributed by atoms with Crippen molar-refractivity contribution in [1.29, 1.82) is 0 Å². The number of benzene rings is 1. The molecule has 4 heteroatoms. The first kappa shape index (κ1) is 12.1. The first-order valence-electron chi connectivity index (χ1n) is 6.34. The van der Waals surface area contributed by atoms with Gasteiger partial charge in [-0.15, -0.1) is 0 Å².